The minimum atomic E-state index is -0.858. The Morgan fingerprint density at radius 1 is 1.64 bits per heavy atom. The van der Waals surface area contributed by atoms with Crippen LogP contribution in [0.2, 0.25) is 0 Å². The van der Waals surface area contributed by atoms with Crippen LogP contribution in [0, 0.1) is 11.8 Å². The molecule has 1 rings (SSSR count). The molecule has 0 amide bonds. The molecule has 0 bridgehead atoms. The van der Waals surface area contributed by atoms with E-state index in [1.54, 1.807) is 0 Å². The SMILES string of the molecule is C[C@@H]1CCC[C@@H]1[C@H](N)C(=O)O. The van der Waals surface area contributed by atoms with E-state index in [2.05, 4.69) is 6.92 Å². The summed E-state index contributed by atoms with van der Waals surface area (Å²) in [6.07, 6.45) is 3.24. The molecule has 1 saturated carbocycles. The maximum absolute atomic E-state index is 10.5. The summed E-state index contributed by atoms with van der Waals surface area (Å²) in [5.74, 6) is -0.169. The third-order valence-corrected chi connectivity index (χ3v) is 2.67. The molecule has 0 unspecified atom stereocenters. The molecule has 0 spiro atoms. The van der Waals surface area contributed by atoms with E-state index in [0.717, 1.165) is 19.3 Å². The van der Waals surface area contributed by atoms with Crippen molar-refractivity contribution in [3.8, 4) is 0 Å². The third-order valence-electron chi connectivity index (χ3n) is 2.67. The van der Waals surface area contributed by atoms with E-state index in [4.69, 9.17) is 10.8 Å². The summed E-state index contributed by atoms with van der Waals surface area (Å²) in [5, 5.41) is 8.64. The summed E-state index contributed by atoms with van der Waals surface area (Å²) in [4.78, 5) is 10.5. The van der Waals surface area contributed by atoms with Gasteiger partial charge < -0.3 is 10.8 Å². The van der Waals surface area contributed by atoms with Gasteiger partial charge >= 0.3 is 5.97 Å². The predicted octanol–water partition coefficient (Wildman–Crippen LogP) is 0.834. The van der Waals surface area contributed by atoms with Crippen LogP contribution in [0.5, 0.6) is 0 Å². The lowest BCUT2D eigenvalue weighted by molar-refractivity contribution is -0.140. The van der Waals surface area contributed by atoms with Crippen molar-refractivity contribution in [2.75, 3.05) is 0 Å². The van der Waals surface area contributed by atoms with Gasteiger partial charge in [0.25, 0.3) is 0 Å². The number of carbonyl (C=O) groups is 1. The molecule has 64 valence electrons. The number of aliphatic carboxylic acids is 1. The van der Waals surface area contributed by atoms with Gasteiger partial charge in [-0.3, -0.25) is 4.79 Å². The fraction of sp³-hybridized carbons (Fsp3) is 0.875. The molecular formula is C8H15NO2. The Hall–Kier alpha value is -0.570. The molecule has 0 aromatic rings. The van der Waals surface area contributed by atoms with Crippen LogP contribution in [0.15, 0.2) is 0 Å². The Bertz CT molecular complexity index is 158. The van der Waals surface area contributed by atoms with Crippen molar-refractivity contribution in [3.05, 3.63) is 0 Å². The van der Waals surface area contributed by atoms with Crippen LogP contribution in [-0.2, 0) is 4.79 Å². The second kappa shape index (κ2) is 3.22. The Balaban J connectivity index is 2.52. The van der Waals surface area contributed by atoms with Gasteiger partial charge in [0.1, 0.15) is 6.04 Å². The molecule has 3 N–H and O–H groups in total. The average molecular weight is 157 g/mol. The first-order valence-corrected chi connectivity index (χ1v) is 4.11. The van der Waals surface area contributed by atoms with Gasteiger partial charge in [-0.2, -0.15) is 0 Å². The molecule has 0 aliphatic heterocycles. The molecule has 0 heterocycles. The molecule has 3 atom stereocenters. The highest BCUT2D eigenvalue weighted by Gasteiger charge is 2.32. The first-order valence-electron chi connectivity index (χ1n) is 4.11. The number of hydrogen-bond acceptors (Lipinski definition) is 2. The zero-order valence-corrected chi connectivity index (χ0v) is 6.79. The zero-order valence-electron chi connectivity index (χ0n) is 6.79. The Kier molecular flexibility index (Phi) is 2.49. The maximum atomic E-state index is 10.5. The lowest BCUT2D eigenvalue weighted by atomic mass is 9.91. The number of carboxylic acid groups (broad SMARTS) is 1. The first-order chi connectivity index (χ1) is 5.13. The highest BCUT2D eigenvalue weighted by atomic mass is 16.4. The van der Waals surface area contributed by atoms with Gasteiger partial charge in [-0.15, -0.1) is 0 Å². The average Bonchev–Trinajstić information content (AvgIpc) is 2.33. The molecule has 0 saturated heterocycles. The number of nitrogens with two attached hydrogens (primary N) is 1. The molecular weight excluding hydrogens is 142 g/mol. The van der Waals surface area contributed by atoms with E-state index in [0.29, 0.717) is 5.92 Å². The van der Waals surface area contributed by atoms with E-state index in [9.17, 15) is 4.79 Å². The van der Waals surface area contributed by atoms with E-state index >= 15 is 0 Å². The fourth-order valence-electron chi connectivity index (χ4n) is 1.89. The van der Waals surface area contributed by atoms with Crippen LogP contribution < -0.4 is 5.73 Å². The van der Waals surface area contributed by atoms with Gasteiger partial charge in [0.05, 0.1) is 0 Å². The van der Waals surface area contributed by atoms with Gasteiger partial charge in [-0.25, -0.2) is 0 Å². The Morgan fingerprint density at radius 2 is 2.27 bits per heavy atom. The fourth-order valence-corrected chi connectivity index (χ4v) is 1.89. The number of hydrogen-bond donors (Lipinski definition) is 2. The highest BCUT2D eigenvalue weighted by Crippen LogP contribution is 2.32. The van der Waals surface area contributed by atoms with Crippen molar-refractivity contribution < 1.29 is 9.90 Å². The summed E-state index contributed by atoms with van der Waals surface area (Å²) < 4.78 is 0. The third kappa shape index (κ3) is 1.71. The van der Waals surface area contributed by atoms with Crippen LogP contribution in [0.4, 0.5) is 0 Å². The van der Waals surface area contributed by atoms with Crippen molar-refractivity contribution in [1.29, 1.82) is 0 Å². The molecule has 0 aromatic carbocycles. The van der Waals surface area contributed by atoms with Crippen LogP contribution in [0.25, 0.3) is 0 Å². The van der Waals surface area contributed by atoms with Crippen molar-refractivity contribution in [3.63, 3.8) is 0 Å². The summed E-state index contributed by atoms with van der Waals surface area (Å²) in [6, 6.07) is -0.646. The largest absolute Gasteiger partial charge is 0.480 e. The van der Waals surface area contributed by atoms with Crippen molar-refractivity contribution in [2.45, 2.75) is 32.2 Å². The molecule has 0 aromatic heterocycles. The van der Waals surface area contributed by atoms with E-state index in [1.807, 2.05) is 0 Å². The van der Waals surface area contributed by atoms with Gasteiger partial charge in [-0.1, -0.05) is 19.8 Å². The quantitative estimate of drug-likeness (QED) is 0.624. The summed E-state index contributed by atoms with van der Waals surface area (Å²) >= 11 is 0. The zero-order chi connectivity index (χ0) is 8.43. The monoisotopic (exact) mass is 157 g/mol. The molecule has 1 aliphatic carbocycles. The van der Waals surface area contributed by atoms with Gasteiger partial charge in [0, 0.05) is 0 Å². The normalized spacial score (nSPS) is 33.6. The lowest BCUT2D eigenvalue weighted by Gasteiger charge is -2.18. The lowest BCUT2D eigenvalue weighted by Crippen LogP contribution is -2.39. The molecule has 3 nitrogen and oxygen atoms in total. The van der Waals surface area contributed by atoms with E-state index < -0.39 is 12.0 Å². The number of rotatable bonds is 2. The molecule has 0 radical (unpaired) electrons. The topological polar surface area (TPSA) is 63.3 Å². The van der Waals surface area contributed by atoms with Crippen LogP contribution in [-0.4, -0.2) is 17.1 Å². The predicted molar refractivity (Wildman–Crippen MR) is 42.1 cm³/mol. The molecule has 3 heteroatoms. The van der Waals surface area contributed by atoms with E-state index in [-0.39, 0.29) is 5.92 Å². The van der Waals surface area contributed by atoms with Crippen molar-refractivity contribution >= 4 is 5.97 Å². The summed E-state index contributed by atoms with van der Waals surface area (Å²) in [5.41, 5.74) is 5.51. The highest BCUT2D eigenvalue weighted by molar-refractivity contribution is 5.73. The van der Waals surface area contributed by atoms with Crippen LogP contribution >= 0.6 is 0 Å². The molecule has 11 heavy (non-hydrogen) atoms. The van der Waals surface area contributed by atoms with E-state index in [1.165, 1.54) is 0 Å². The first kappa shape index (κ1) is 8.53. The Labute approximate surface area is 66.6 Å². The maximum Gasteiger partial charge on any atom is 0.320 e. The number of carboxylic acids is 1. The second-order valence-electron chi connectivity index (χ2n) is 3.44. The minimum absolute atomic E-state index is 0.201. The van der Waals surface area contributed by atoms with Crippen LogP contribution in [0.3, 0.4) is 0 Å². The minimum Gasteiger partial charge on any atom is -0.480 e. The van der Waals surface area contributed by atoms with Crippen LogP contribution in [0.1, 0.15) is 26.2 Å². The standard InChI is InChI=1S/C8H15NO2/c1-5-3-2-4-6(5)7(9)8(10)11/h5-7H,2-4,9H2,1H3,(H,10,11)/t5-,6+,7+/m1/s1. The molecule has 1 aliphatic rings. The summed E-state index contributed by atoms with van der Waals surface area (Å²) in [7, 11) is 0. The second-order valence-corrected chi connectivity index (χ2v) is 3.44. The smallest absolute Gasteiger partial charge is 0.320 e. The van der Waals surface area contributed by atoms with Crippen molar-refractivity contribution in [1.82, 2.24) is 0 Å². The van der Waals surface area contributed by atoms with Crippen molar-refractivity contribution in [2.24, 2.45) is 17.6 Å². The Morgan fingerprint density at radius 3 is 2.64 bits per heavy atom. The van der Waals surface area contributed by atoms with Gasteiger partial charge in [-0.05, 0) is 18.3 Å². The molecule has 1 fully saturated rings. The van der Waals surface area contributed by atoms with Gasteiger partial charge in [0.2, 0.25) is 0 Å². The van der Waals surface area contributed by atoms with Gasteiger partial charge in [0.15, 0.2) is 0 Å². The summed E-state index contributed by atoms with van der Waals surface area (Å²) in [6.45, 7) is 2.08.